The average Bonchev–Trinajstić information content (AvgIpc) is 2.28. The van der Waals surface area contributed by atoms with Crippen LogP contribution in [0.5, 0.6) is 0 Å². The molecule has 1 aromatic heterocycles. The number of nitroso groups, excluding NO2 is 1. The molecule has 0 fully saturated rings. The molecule has 0 saturated carbocycles. The Labute approximate surface area is 92.5 Å². The smallest absolute Gasteiger partial charge is 0.384 e. The fraction of sp³-hybridized carbons (Fsp3) is 0.600. The lowest BCUT2D eigenvalue weighted by molar-refractivity contribution is -0.472. The first-order valence-electron chi connectivity index (χ1n) is 5.55. The average molecular weight is 220 g/mol. The van der Waals surface area contributed by atoms with Gasteiger partial charge in [0.25, 0.3) is 5.82 Å². The van der Waals surface area contributed by atoms with Gasteiger partial charge >= 0.3 is 5.82 Å². The second-order valence-electron chi connectivity index (χ2n) is 4.18. The van der Waals surface area contributed by atoms with Crippen molar-refractivity contribution in [1.82, 2.24) is 9.97 Å². The van der Waals surface area contributed by atoms with Gasteiger partial charge in [-0.3, -0.25) is 0 Å². The molecule has 6 heteroatoms. The second kappa shape index (κ2) is 3.48. The first kappa shape index (κ1) is 9.65. The van der Waals surface area contributed by atoms with Crippen molar-refractivity contribution in [1.29, 1.82) is 0 Å². The van der Waals surface area contributed by atoms with Crippen LogP contribution in [0.2, 0.25) is 0 Å². The molecule has 0 N–H and O–H groups in total. The highest BCUT2D eigenvalue weighted by atomic mass is 16.5. The van der Waals surface area contributed by atoms with Gasteiger partial charge < -0.3 is 10.3 Å². The minimum atomic E-state index is 0.341. The standard InChI is InChI=1S/C10H12N4O2/c15-13-5-1-3-7-9(13)12-10-8(11-7)4-2-6-14(10)16/h1-6H2. The Hall–Kier alpha value is -1.56. The van der Waals surface area contributed by atoms with Crippen LogP contribution in [0.25, 0.3) is 0 Å². The van der Waals surface area contributed by atoms with Crippen molar-refractivity contribution < 1.29 is 4.76 Å². The number of fused-ring (bicyclic) bond motifs is 2. The Morgan fingerprint density at radius 2 is 2.00 bits per heavy atom. The van der Waals surface area contributed by atoms with Crippen LogP contribution < -0.4 is 5.06 Å². The molecule has 0 amide bonds. The second-order valence-corrected chi connectivity index (χ2v) is 4.18. The minimum absolute atomic E-state index is 0.341. The lowest BCUT2D eigenvalue weighted by atomic mass is 10.1. The predicted octanol–water partition coefficient (Wildman–Crippen LogP) is 1.08. The van der Waals surface area contributed by atoms with Crippen molar-refractivity contribution in [2.24, 2.45) is 0 Å². The summed E-state index contributed by atoms with van der Waals surface area (Å²) in [6.07, 6.45) is 3.19. The van der Waals surface area contributed by atoms with Crippen molar-refractivity contribution in [3.05, 3.63) is 21.5 Å². The van der Waals surface area contributed by atoms with E-state index in [0.29, 0.717) is 24.7 Å². The Morgan fingerprint density at radius 1 is 1.19 bits per heavy atom. The summed E-state index contributed by atoms with van der Waals surface area (Å²) >= 11 is 0. The van der Waals surface area contributed by atoms with E-state index in [0.717, 1.165) is 46.9 Å². The summed E-state index contributed by atoms with van der Waals surface area (Å²) in [7, 11) is 0. The molecular formula is C10H12N4O2. The molecule has 6 nitrogen and oxygen atoms in total. The summed E-state index contributed by atoms with van der Waals surface area (Å²) in [4.78, 5) is 20.2. The quantitative estimate of drug-likeness (QED) is 0.612. The van der Waals surface area contributed by atoms with Gasteiger partial charge in [-0.25, -0.2) is 4.98 Å². The summed E-state index contributed by atoms with van der Waals surface area (Å²) in [5, 5.41) is 12.4. The van der Waals surface area contributed by atoms with Gasteiger partial charge in [0.05, 0.1) is 0 Å². The summed E-state index contributed by atoms with van der Waals surface area (Å²) in [5.41, 5.74) is 1.49. The van der Waals surface area contributed by atoms with E-state index in [-0.39, 0.29) is 0 Å². The number of nitrogens with zero attached hydrogens (tertiary/aromatic N) is 4. The summed E-state index contributed by atoms with van der Waals surface area (Å²) < 4.78 is 0.842. The molecule has 2 aliphatic heterocycles. The predicted molar refractivity (Wildman–Crippen MR) is 57.5 cm³/mol. The summed E-state index contributed by atoms with van der Waals surface area (Å²) in [5.74, 6) is 0.681. The lowest BCUT2D eigenvalue weighted by Crippen LogP contribution is -2.27. The fourth-order valence-electron chi connectivity index (χ4n) is 2.22. The van der Waals surface area contributed by atoms with Crippen LogP contribution in [0.1, 0.15) is 24.2 Å². The molecule has 3 rings (SSSR count). The van der Waals surface area contributed by atoms with E-state index >= 15 is 0 Å². The summed E-state index contributed by atoms with van der Waals surface area (Å²) in [6.45, 7) is 0.888. The van der Waals surface area contributed by atoms with E-state index < -0.39 is 0 Å². The Balaban J connectivity index is 2.14. The SMILES string of the molecule is O=[N+]1CCCc2nc3c(nc21)N([O-])CCC3. The Kier molecular flexibility index (Phi) is 2.10. The molecule has 0 unspecified atom stereocenters. The molecular weight excluding hydrogens is 208 g/mol. The minimum Gasteiger partial charge on any atom is -0.756 e. The largest absolute Gasteiger partial charge is 0.756 e. The highest BCUT2D eigenvalue weighted by Gasteiger charge is 2.31. The molecule has 0 saturated heterocycles. The molecule has 0 atom stereocenters. The van der Waals surface area contributed by atoms with E-state index in [9.17, 15) is 10.1 Å². The number of aryl methyl sites for hydroxylation is 2. The number of hydrogen-bond donors (Lipinski definition) is 0. The van der Waals surface area contributed by atoms with Crippen molar-refractivity contribution in [3.63, 3.8) is 0 Å². The van der Waals surface area contributed by atoms with Crippen LogP contribution in [0.15, 0.2) is 0 Å². The van der Waals surface area contributed by atoms with Crippen molar-refractivity contribution in [2.45, 2.75) is 25.7 Å². The van der Waals surface area contributed by atoms with E-state index in [4.69, 9.17) is 0 Å². The zero-order chi connectivity index (χ0) is 11.1. The lowest BCUT2D eigenvalue weighted by Gasteiger charge is -2.31. The number of aromatic nitrogens is 2. The topological polar surface area (TPSA) is 72.2 Å². The van der Waals surface area contributed by atoms with E-state index in [1.165, 1.54) is 0 Å². The van der Waals surface area contributed by atoms with Crippen molar-refractivity contribution in [3.8, 4) is 0 Å². The maximum Gasteiger partial charge on any atom is 0.384 e. The molecule has 0 spiro atoms. The monoisotopic (exact) mass is 220 g/mol. The fourth-order valence-corrected chi connectivity index (χ4v) is 2.22. The zero-order valence-corrected chi connectivity index (χ0v) is 8.85. The van der Waals surface area contributed by atoms with Gasteiger partial charge in [0.15, 0.2) is 0 Å². The van der Waals surface area contributed by atoms with E-state index in [1.807, 2.05) is 0 Å². The molecule has 0 aromatic carbocycles. The van der Waals surface area contributed by atoms with E-state index in [2.05, 4.69) is 9.97 Å². The molecule has 84 valence electrons. The van der Waals surface area contributed by atoms with Crippen LogP contribution in [0.4, 0.5) is 11.6 Å². The van der Waals surface area contributed by atoms with Gasteiger partial charge in [-0.05, 0) is 29.0 Å². The van der Waals surface area contributed by atoms with Gasteiger partial charge in [0.1, 0.15) is 17.9 Å². The van der Waals surface area contributed by atoms with Gasteiger partial charge in [-0.1, -0.05) is 4.91 Å². The first-order chi connectivity index (χ1) is 7.75. The van der Waals surface area contributed by atoms with Crippen LogP contribution in [0, 0.1) is 10.1 Å². The molecule has 0 aliphatic carbocycles. The molecule has 2 aliphatic rings. The molecule has 1 aromatic rings. The Bertz CT molecular complexity index is 460. The van der Waals surface area contributed by atoms with Crippen molar-refractivity contribution in [2.75, 3.05) is 18.2 Å². The highest BCUT2D eigenvalue weighted by Crippen LogP contribution is 2.29. The molecule has 3 heterocycles. The molecule has 0 bridgehead atoms. The maximum atomic E-state index is 11.6. The van der Waals surface area contributed by atoms with Crippen LogP contribution in [0.3, 0.4) is 0 Å². The highest BCUT2D eigenvalue weighted by molar-refractivity contribution is 5.50. The molecule has 0 radical (unpaired) electrons. The third-order valence-corrected chi connectivity index (χ3v) is 3.02. The zero-order valence-electron chi connectivity index (χ0n) is 8.85. The Morgan fingerprint density at radius 3 is 2.88 bits per heavy atom. The van der Waals surface area contributed by atoms with Crippen molar-refractivity contribution >= 4 is 11.6 Å². The van der Waals surface area contributed by atoms with Gasteiger partial charge in [0.2, 0.25) is 0 Å². The maximum absolute atomic E-state index is 11.6. The number of rotatable bonds is 0. The number of hydroxylamine groups is 1. The van der Waals surface area contributed by atoms with Crippen LogP contribution in [-0.4, -0.2) is 27.8 Å². The van der Waals surface area contributed by atoms with Gasteiger partial charge in [0, 0.05) is 13.0 Å². The summed E-state index contributed by atoms with van der Waals surface area (Å²) in [6, 6.07) is 0. The van der Waals surface area contributed by atoms with Gasteiger partial charge in [-0.2, -0.15) is 0 Å². The number of anilines is 1. The van der Waals surface area contributed by atoms with E-state index in [1.54, 1.807) is 0 Å². The van der Waals surface area contributed by atoms with Crippen LogP contribution in [-0.2, 0) is 12.8 Å². The van der Waals surface area contributed by atoms with Crippen LogP contribution >= 0.6 is 0 Å². The number of hydrogen-bond acceptors (Lipinski definition) is 5. The van der Waals surface area contributed by atoms with Gasteiger partial charge in [-0.15, -0.1) is 0 Å². The first-order valence-corrected chi connectivity index (χ1v) is 5.55. The molecule has 16 heavy (non-hydrogen) atoms. The normalized spacial score (nSPS) is 19.3. The third kappa shape index (κ3) is 1.37. The third-order valence-electron chi connectivity index (χ3n) is 3.02.